The van der Waals surface area contributed by atoms with Crippen molar-refractivity contribution in [3.05, 3.63) is 33.5 Å². The molecule has 0 radical (unpaired) electrons. The van der Waals surface area contributed by atoms with Gasteiger partial charge >= 0.3 is 0 Å². The summed E-state index contributed by atoms with van der Waals surface area (Å²) >= 11 is 2.28. The van der Waals surface area contributed by atoms with Crippen LogP contribution in [-0.2, 0) is 4.74 Å². The van der Waals surface area contributed by atoms with Gasteiger partial charge in [0.1, 0.15) is 0 Å². The minimum Gasteiger partial charge on any atom is -0.378 e. The van der Waals surface area contributed by atoms with Gasteiger partial charge < -0.3 is 14.6 Å². The Labute approximate surface area is 118 Å². The Morgan fingerprint density at radius 3 is 2.89 bits per heavy atom. The van der Waals surface area contributed by atoms with Crippen LogP contribution in [-0.4, -0.2) is 42.1 Å². The number of carbonyl (C=O) groups is 1. The van der Waals surface area contributed by atoms with Gasteiger partial charge in [0.2, 0.25) is 0 Å². The number of hydrogen-bond acceptors (Lipinski definition) is 2. The maximum absolute atomic E-state index is 12.3. The first-order valence-corrected chi connectivity index (χ1v) is 6.97. The van der Waals surface area contributed by atoms with Crippen LogP contribution >= 0.6 is 22.6 Å². The summed E-state index contributed by atoms with van der Waals surface area (Å²) in [6.07, 6.45) is 1.95. The number of benzene rings is 1. The highest BCUT2D eigenvalue weighted by Gasteiger charge is 2.18. The van der Waals surface area contributed by atoms with E-state index in [0.29, 0.717) is 26.3 Å². The predicted molar refractivity (Wildman–Crippen MR) is 77.7 cm³/mol. The Morgan fingerprint density at radius 1 is 1.33 bits per heavy atom. The van der Waals surface area contributed by atoms with Gasteiger partial charge in [-0.15, -0.1) is 0 Å². The molecule has 1 saturated heterocycles. The molecule has 0 saturated carbocycles. The molecule has 1 aliphatic heterocycles. The van der Waals surface area contributed by atoms with E-state index in [1.807, 2.05) is 29.3 Å². The van der Waals surface area contributed by atoms with E-state index in [1.54, 1.807) is 0 Å². The molecule has 18 heavy (non-hydrogen) atoms. The average molecular weight is 356 g/mol. The van der Waals surface area contributed by atoms with Gasteiger partial charge in [-0.1, -0.05) is 6.07 Å². The van der Waals surface area contributed by atoms with Crippen molar-refractivity contribution in [2.45, 2.75) is 0 Å². The molecule has 1 amide bonds. The highest BCUT2D eigenvalue weighted by atomic mass is 127. The van der Waals surface area contributed by atoms with Crippen LogP contribution < -0.4 is 0 Å². The zero-order chi connectivity index (χ0) is 12.5. The molecule has 0 unspecified atom stereocenters. The minimum absolute atomic E-state index is 0.0878. The number of nitrogens with one attached hydrogen (secondary N) is 1. The molecular weight excluding hydrogens is 343 g/mol. The van der Waals surface area contributed by atoms with Gasteiger partial charge in [0.15, 0.2) is 0 Å². The molecule has 1 N–H and O–H groups in total. The Hall–Kier alpha value is -1.08. The third kappa shape index (κ3) is 2.12. The number of aromatic nitrogens is 1. The van der Waals surface area contributed by atoms with Gasteiger partial charge in [-0.3, -0.25) is 4.79 Å². The number of H-pyrrole nitrogens is 1. The summed E-state index contributed by atoms with van der Waals surface area (Å²) < 4.78 is 6.43. The zero-order valence-corrected chi connectivity index (χ0v) is 11.9. The van der Waals surface area contributed by atoms with Crippen LogP contribution in [0, 0.1) is 3.57 Å². The summed E-state index contributed by atoms with van der Waals surface area (Å²) in [6.45, 7) is 2.63. The number of rotatable bonds is 1. The second kappa shape index (κ2) is 4.89. The molecule has 0 bridgehead atoms. The molecule has 3 rings (SSSR count). The van der Waals surface area contributed by atoms with Crippen molar-refractivity contribution in [3.63, 3.8) is 0 Å². The second-order valence-electron chi connectivity index (χ2n) is 4.30. The van der Waals surface area contributed by atoms with Crippen molar-refractivity contribution in [1.29, 1.82) is 0 Å². The van der Waals surface area contributed by atoms with Crippen LogP contribution in [0.3, 0.4) is 0 Å². The molecule has 0 spiro atoms. The molecule has 94 valence electrons. The number of carbonyl (C=O) groups excluding carboxylic acids is 1. The van der Waals surface area contributed by atoms with E-state index in [1.165, 1.54) is 3.57 Å². The van der Waals surface area contributed by atoms with Crippen molar-refractivity contribution in [2.75, 3.05) is 26.3 Å². The highest BCUT2D eigenvalue weighted by molar-refractivity contribution is 14.1. The SMILES string of the molecule is O=C(c1ccc2c(I)c[nH]c2c1)N1CCOCC1. The second-order valence-corrected chi connectivity index (χ2v) is 5.46. The standard InChI is InChI=1S/C13H13IN2O2/c14-11-8-15-12-7-9(1-2-10(11)12)13(17)16-3-5-18-6-4-16/h1-2,7-8,15H,3-6H2. The van der Waals surface area contributed by atoms with E-state index in [-0.39, 0.29) is 5.91 Å². The first-order chi connectivity index (χ1) is 8.75. The molecule has 2 aromatic rings. The van der Waals surface area contributed by atoms with Gasteiger partial charge in [-0.05, 0) is 34.7 Å². The van der Waals surface area contributed by atoms with E-state index in [2.05, 4.69) is 27.6 Å². The van der Waals surface area contributed by atoms with E-state index in [0.717, 1.165) is 16.5 Å². The van der Waals surface area contributed by atoms with Crippen LogP contribution in [0.1, 0.15) is 10.4 Å². The Bertz CT molecular complexity index is 588. The fourth-order valence-electron chi connectivity index (χ4n) is 2.17. The molecular formula is C13H13IN2O2. The van der Waals surface area contributed by atoms with Crippen molar-refractivity contribution in [1.82, 2.24) is 9.88 Å². The Morgan fingerprint density at radius 2 is 2.11 bits per heavy atom. The van der Waals surface area contributed by atoms with Crippen molar-refractivity contribution >= 4 is 39.4 Å². The third-order valence-corrected chi connectivity index (χ3v) is 4.07. The normalized spacial score (nSPS) is 16.2. The van der Waals surface area contributed by atoms with Crippen LogP contribution in [0.2, 0.25) is 0 Å². The quantitative estimate of drug-likeness (QED) is 0.797. The summed E-state index contributed by atoms with van der Waals surface area (Å²) in [5.41, 5.74) is 1.75. The zero-order valence-electron chi connectivity index (χ0n) is 9.78. The van der Waals surface area contributed by atoms with Gasteiger partial charge in [0.25, 0.3) is 5.91 Å². The predicted octanol–water partition coefficient (Wildman–Crippen LogP) is 2.24. The topological polar surface area (TPSA) is 45.3 Å². The van der Waals surface area contributed by atoms with E-state index < -0.39 is 0 Å². The number of ether oxygens (including phenoxy) is 1. The summed E-state index contributed by atoms with van der Waals surface area (Å²) in [6, 6.07) is 5.83. The average Bonchev–Trinajstić information content (AvgIpc) is 2.80. The molecule has 1 aromatic carbocycles. The summed E-state index contributed by atoms with van der Waals surface area (Å²) in [5.74, 6) is 0.0878. The number of aromatic amines is 1. The van der Waals surface area contributed by atoms with Crippen molar-refractivity contribution in [2.24, 2.45) is 0 Å². The lowest BCUT2D eigenvalue weighted by molar-refractivity contribution is 0.0303. The maximum atomic E-state index is 12.3. The number of fused-ring (bicyclic) bond motifs is 1. The minimum atomic E-state index is 0.0878. The lowest BCUT2D eigenvalue weighted by Crippen LogP contribution is -2.40. The van der Waals surface area contributed by atoms with Crippen LogP contribution in [0.15, 0.2) is 24.4 Å². The lowest BCUT2D eigenvalue weighted by atomic mass is 10.1. The van der Waals surface area contributed by atoms with Crippen LogP contribution in [0.5, 0.6) is 0 Å². The fraction of sp³-hybridized carbons (Fsp3) is 0.308. The number of morpholine rings is 1. The maximum Gasteiger partial charge on any atom is 0.254 e. The van der Waals surface area contributed by atoms with Gasteiger partial charge in [0.05, 0.1) is 13.2 Å². The number of hydrogen-bond donors (Lipinski definition) is 1. The van der Waals surface area contributed by atoms with Crippen molar-refractivity contribution < 1.29 is 9.53 Å². The molecule has 4 nitrogen and oxygen atoms in total. The van der Waals surface area contributed by atoms with E-state index in [4.69, 9.17) is 4.74 Å². The summed E-state index contributed by atoms with van der Waals surface area (Å²) in [5, 5.41) is 1.16. The fourth-order valence-corrected chi connectivity index (χ4v) is 2.80. The number of nitrogens with zero attached hydrogens (tertiary/aromatic N) is 1. The van der Waals surface area contributed by atoms with Gasteiger partial charge in [0, 0.05) is 39.3 Å². The molecule has 0 atom stereocenters. The van der Waals surface area contributed by atoms with E-state index >= 15 is 0 Å². The van der Waals surface area contributed by atoms with Gasteiger partial charge in [-0.25, -0.2) is 0 Å². The molecule has 1 aromatic heterocycles. The molecule has 1 aliphatic rings. The third-order valence-electron chi connectivity index (χ3n) is 3.18. The summed E-state index contributed by atoms with van der Waals surface area (Å²) in [7, 11) is 0. The largest absolute Gasteiger partial charge is 0.378 e. The van der Waals surface area contributed by atoms with Gasteiger partial charge in [-0.2, -0.15) is 0 Å². The Balaban J connectivity index is 1.91. The number of halogens is 1. The smallest absolute Gasteiger partial charge is 0.254 e. The monoisotopic (exact) mass is 356 g/mol. The lowest BCUT2D eigenvalue weighted by Gasteiger charge is -2.26. The first kappa shape index (κ1) is 12.0. The molecule has 5 heteroatoms. The molecule has 1 fully saturated rings. The highest BCUT2D eigenvalue weighted by Crippen LogP contribution is 2.21. The van der Waals surface area contributed by atoms with Crippen LogP contribution in [0.25, 0.3) is 10.9 Å². The van der Waals surface area contributed by atoms with Crippen LogP contribution in [0.4, 0.5) is 0 Å². The Kier molecular flexibility index (Phi) is 3.25. The number of amides is 1. The summed E-state index contributed by atoms with van der Waals surface area (Å²) in [4.78, 5) is 17.3. The van der Waals surface area contributed by atoms with Crippen molar-refractivity contribution in [3.8, 4) is 0 Å². The molecule has 0 aliphatic carbocycles. The first-order valence-electron chi connectivity index (χ1n) is 5.89. The molecule has 2 heterocycles. The van der Waals surface area contributed by atoms with E-state index in [9.17, 15) is 4.79 Å².